The van der Waals surface area contributed by atoms with Crippen molar-refractivity contribution in [1.29, 1.82) is 0 Å². The molecular weight excluding hydrogens is 210 g/mol. The summed E-state index contributed by atoms with van der Waals surface area (Å²) in [4.78, 5) is 10.7. The third-order valence-corrected chi connectivity index (χ3v) is 4.28. The maximum absolute atomic E-state index is 10.7. The van der Waals surface area contributed by atoms with Crippen LogP contribution in [-0.4, -0.2) is 35.2 Å². The number of carboxylic acids is 1. The van der Waals surface area contributed by atoms with E-state index in [1.165, 1.54) is 25.7 Å². The van der Waals surface area contributed by atoms with Gasteiger partial charge in [-0.15, -0.1) is 0 Å². The summed E-state index contributed by atoms with van der Waals surface area (Å²) in [6.07, 6.45) is 7.19. The number of thioether (sulfide) groups is 1. The van der Waals surface area contributed by atoms with Crippen LogP contribution in [-0.2, 0) is 4.79 Å². The van der Waals surface area contributed by atoms with E-state index in [4.69, 9.17) is 5.11 Å². The molecule has 0 aromatic carbocycles. The quantitative estimate of drug-likeness (QED) is 0.759. The summed E-state index contributed by atoms with van der Waals surface area (Å²) in [7, 11) is 0. The lowest BCUT2D eigenvalue weighted by atomic mass is 9.94. The number of nitrogens with one attached hydrogen (secondary N) is 1. The van der Waals surface area contributed by atoms with E-state index in [1.807, 2.05) is 11.8 Å². The van der Waals surface area contributed by atoms with E-state index in [2.05, 4.69) is 11.6 Å². The van der Waals surface area contributed by atoms with E-state index in [9.17, 15) is 4.79 Å². The van der Waals surface area contributed by atoms with Gasteiger partial charge in [0.2, 0.25) is 0 Å². The van der Waals surface area contributed by atoms with Gasteiger partial charge in [0.05, 0.1) is 5.92 Å². The average molecular weight is 231 g/mol. The molecule has 0 saturated heterocycles. The topological polar surface area (TPSA) is 49.3 Å². The van der Waals surface area contributed by atoms with Gasteiger partial charge in [0.15, 0.2) is 0 Å². The molecule has 1 aliphatic carbocycles. The highest BCUT2D eigenvalue weighted by molar-refractivity contribution is 7.99. The molecule has 4 heteroatoms. The number of hydrogen-bond acceptors (Lipinski definition) is 3. The van der Waals surface area contributed by atoms with Gasteiger partial charge in [0.1, 0.15) is 0 Å². The zero-order valence-corrected chi connectivity index (χ0v) is 10.3. The number of hydrogen-bond donors (Lipinski definition) is 2. The molecular formula is C11H21NO2S. The molecule has 0 heterocycles. The van der Waals surface area contributed by atoms with Gasteiger partial charge < -0.3 is 10.4 Å². The zero-order chi connectivity index (χ0) is 11.3. The molecule has 0 spiro atoms. The third kappa shape index (κ3) is 4.03. The van der Waals surface area contributed by atoms with E-state index in [0.29, 0.717) is 17.8 Å². The molecule has 0 aliphatic heterocycles. The van der Waals surface area contributed by atoms with E-state index < -0.39 is 5.97 Å². The summed E-state index contributed by atoms with van der Waals surface area (Å²) in [5, 5.41) is 12.9. The average Bonchev–Trinajstić information content (AvgIpc) is 2.26. The van der Waals surface area contributed by atoms with Gasteiger partial charge in [-0.05, 0) is 19.1 Å². The van der Waals surface area contributed by atoms with Crippen molar-refractivity contribution >= 4 is 17.7 Å². The first kappa shape index (κ1) is 12.8. The van der Waals surface area contributed by atoms with Gasteiger partial charge >= 0.3 is 5.97 Å². The molecule has 88 valence electrons. The molecule has 2 N–H and O–H groups in total. The van der Waals surface area contributed by atoms with Crippen LogP contribution in [0, 0.1) is 5.92 Å². The number of carboxylic acid groups (broad SMARTS) is 1. The van der Waals surface area contributed by atoms with Gasteiger partial charge in [0, 0.05) is 17.8 Å². The largest absolute Gasteiger partial charge is 0.481 e. The monoisotopic (exact) mass is 231 g/mol. The molecule has 3 atom stereocenters. The van der Waals surface area contributed by atoms with Crippen LogP contribution in [0.2, 0.25) is 0 Å². The van der Waals surface area contributed by atoms with Crippen molar-refractivity contribution in [2.45, 2.75) is 43.9 Å². The van der Waals surface area contributed by atoms with Gasteiger partial charge in [0.25, 0.3) is 0 Å². The van der Waals surface area contributed by atoms with Crippen LogP contribution >= 0.6 is 11.8 Å². The summed E-state index contributed by atoms with van der Waals surface area (Å²) in [5.41, 5.74) is 0. The summed E-state index contributed by atoms with van der Waals surface area (Å²) in [6.45, 7) is 2.35. The Labute approximate surface area is 96.0 Å². The molecule has 1 aliphatic rings. The van der Waals surface area contributed by atoms with Crippen molar-refractivity contribution in [3.8, 4) is 0 Å². The molecule has 1 fully saturated rings. The summed E-state index contributed by atoms with van der Waals surface area (Å²) < 4.78 is 0. The Morgan fingerprint density at radius 1 is 1.53 bits per heavy atom. The Hall–Kier alpha value is -0.220. The Bertz CT molecular complexity index is 211. The van der Waals surface area contributed by atoms with Crippen LogP contribution in [0.3, 0.4) is 0 Å². The number of aliphatic carboxylic acids is 1. The van der Waals surface area contributed by atoms with Gasteiger partial charge in [-0.3, -0.25) is 4.79 Å². The second kappa shape index (κ2) is 6.38. The van der Waals surface area contributed by atoms with Gasteiger partial charge in [-0.1, -0.05) is 19.8 Å². The molecule has 0 aromatic heterocycles. The highest BCUT2D eigenvalue weighted by Crippen LogP contribution is 2.27. The second-order valence-electron chi connectivity index (χ2n) is 4.31. The summed E-state index contributed by atoms with van der Waals surface area (Å²) in [5.74, 6) is -0.992. The first-order valence-corrected chi connectivity index (χ1v) is 6.93. The van der Waals surface area contributed by atoms with Crippen LogP contribution in [0.15, 0.2) is 0 Å². The number of carbonyl (C=O) groups is 1. The van der Waals surface area contributed by atoms with E-state index in [1.54, 1.807) is 6.92 Å². The Balaban J connectivity index is 2.32. The van der Waals surface area contributed by atoms with Crippen LogP contribution in [0.5, 0.6) is 0 Å². The molecule has 1 rings (SSSR count). The first-order chi connectivity index (χ1) is 7.15. The first-order valence-electron chi connectivity index (χ1n) is 5.64. The smallest absolute Gasteiger partial charge is 0.307 e. The predicted octanol–water partition coefficient (Wildman–Crippen LogP) is 1.97. The maximum Gasteiger partial charge on any atom is 0.307 e. The Morgan fingerprint density at radius 3 is 2.80 bits per heavy atom. The van der Waals surface area contributed by atoms with Crippen LogP contribution in [0.25, 0.3) is 0 Å². The third-order valence-electron chi connectivity index (χ3n) is 3.11. The lowest BCUT2D eigenvalue weighted by molar-refractivity contribution is -0.141. The fourth-order valence-electron chi connectivity index (χ4n) is 2.03. The molecule has 1 saturated carbocycles. The summed E-state index contributed by atoms with van der Waals surface area (Å²) >= 11 is 1.90. The highest BCUT2D eigenvalue weighted by atomic mass is 32.2. The minimum atomic E-state index is -0.709. The maximum atomic E-state index is 10.7. The molecule has 3 nitrogen and oxygen atoms in total. The van der Waals surface area contributed by atoms with Crippen LogP contribution < -0.4 is 5.32 Å². The van der Waals surface area contributed by atoms with E-state index in [0.717, 1.165) is 0 Å². The molecule has 3 unspecified atom stereocenters. The molecule has 0 radical (unpaired) electrons. The van der Waals surface area contributed by atoms with Gasteiger partial charge in [-0.2, -0.15) is 11.8 Å². The standard InChI is InChI=1S/C11H21NO2S/c1-8(11(13)14)7-12-9-5-3-4-6-10(9)15-2/h8-10,12H,3-7H2,1-2H3,(H,13,14). The Morgan fingerprint density at radius 2 is 2.20 bits per heavy atom. The fraction of sp³-hybridized carbons (Fsp3) is 0.909. The summed E-state index contributed by atoms with van der Waals surface area (Å²) in [6, 6.07) is 0.510. The normalized spacial score (nSPS) is 28.7. The van der Waals surface area contributed by atoms with E-state index >= 15 is 0 Å². The van der Waals surface area contributed by atoms with Crippen molar-refractivity contribution in [3.63, 3.8) is 0 Å². The van der Waals surface area contributed by atoms with E-state index in [-0.39, 0.29) is 5.92 Å². The Kier molecular flexibility index (Phi) is 5.47. The molecule has 0 amide bonds. The fourth-order valence-corrected chi connectivity index (χ4v) is 2.99. The predicted molar refractivity (Wildman–Crippen MR) is 64.4 cm³/mol. The van der Waals surface area contributed by atoms with Crippen molar-refractivity contribution in [2.75, 3.05) is 12.8 Å². The zero-order valence-electron chi connectivity index (χ0n) is 9.53. The van der Waals surface area contributed by atoms with Gasteiger partial charge in [-0.25, -0.2) is 0 Å². The second-order valence-corrected chi connectivity index (χ2v) is 5.39. The van der Waals surface area contributed by atoms with Crippen molar-refractivity contribution in [2.24, 2.45) is 5.92 Å². The van der Waals surface area contributed by atoms with Crippen molar-refractivity contribution in [1.82, 2.24) is 5.32 Å². The highest BCUT2D eigenvalue weighted by Gasteiger charge is 2.24. The van der Waals surface area contributed by atoms with Crippen LogP contribution in [0.1, 0.15) is 32.6 Å². The lowest BCUT2D eigenvalue weighted by Crippen LogP contribution is -2.43. The molecule has 0 bridgehead atoms. The minimum Gasteiger partial charge on any atom is -0.481 e. The SMILES string of the molecule is CSC1CCCCC1NCC(C)C(=O)O. The molecule has 0 aromatic rings. The van der Waals surface area contributed by atoms with Crippen molar-refractivity contribution < 1.29 is 9.90 Å². The number of rotatable bonds is 5. The lowest BCUT2D eigenvalue weighted by Gasteiger charge is -2.31. The van der Waals surface area contributed by atoms with Crippen molar-refractivity contribution in [3.05, 3.63) is 0 Å². The van der Waals surface area contributed by atoms with Crippen LogP contribution in [0.4, 0.5) is 0 Å². The minimum absolute atomic E-state index is 0.283. The molecule has 15 heavy (non-hydrogen) atoms.